The Labute approximate surface area is 74.8 Å². The third-order valence-corrected chi connectivity index (χ3v) is 2.48. The third kappa shape index (κ3) is 2.32. The second-order valence-corrected chi connectivity index (χ2v) is 3.70. The van der Waals surface area contributed by atoms with Crippen molar-refractivity contribution >= 4 is 17.3 Å². The molecule has 1 aromatic heterocycles. The van der Waals surface area contributed by atoms with Crippen LogP contribution in [0.4, 0.5) is 0 Å². The van der Waals surface area contributed by atoms with Crippen LogP contribution in [-0.4, -0.2) is 11.1 Å². The smallest absolute Gasteiger partial charge is 0.308 e. The molecule has 0 radical (unpaired) electrons. The van der Waals surface area contributed by atoms with E-state index < -0.39 is 5.97 Å². The van der Waals surface area contributed by atoms with E-state index in [-0.39, 0.29) is 12.5 Å². The van der Waals surface area contributed by atoms with E-state index in [2.05, 4.69) is 0 Å². The second kappa shape index (κ2) is 3.69. The summed E-state index contributed by atoms with van der Waals surface area (Å²) in [4.78, 5) is 11.2. The van der Waals surface area contributed by atoms with Crippen molar-refractivity contribution in [2.75, 3.05) is 0 Å². The molecule has 0 saturated carbocycles. The van der Waals surface area contributed by atoms with Crippen molar-refractivity contribution in [1.82, 2.24) is 0 Å². The highest BCUT2D eigenvalue weighted by Gasteiger charge is 2.06. The second-order valence-electron chi connectivity index (χ2n) is 2.71. The Hall–Kier alpha value is -0.870. The predicted molar refractivity (Wildman–Crippen MR) is 48.3 cm³/mol. The van der Waals surface area contributed by atoms with Gasteiger partial charge in [-0.2, -0.15) is 0 Å². The van der Waals surface area contributed by atoms with E-state index in [0.29, 0.717) is 0 Å². The molecule has 3 N–H and O–H groups in total. The van der Waals surface area contributed by atoms with Gasteiger partial charge < -0.3 is 10.8 Å². The van der Waals surface area contributed by atoms with Gasteiger partial charge in [-0.3, -0.25) is 4.79 Å². The number of nitrogens with two attached hydrogens (primary N) is 1. The molecule has 0 spiro atoms. The van der Waals surface area contributed by atoms with Crippen LogP contribution in [0.25, 0.3) is 0 Å². The van der Waals surface area contributed by atoms with Crippen molar-refractivity contribution < 1.29 is 9.90 Å². The van der Waals surface area contributed by atoms with E-state index in [1.807, 2.05) is 18.4 Å². The van der Waals surface area contributed by atoms with Crippen LogP contribution in [0.15, 0.2) is 11.4 Å². The lowest BCUT2D eigenvalue weighted by atomic mass is 10.2. The largest absolute Gasteiger partial charge is 0.481 e. The van der Waals surface area contributed by atoms with Crippen LogP contribution in [0.1, 0.15) is 23.4 Å². The van der Waals surface area contributed by atoms with Crippen molar-refractivity contribution in [3.05, 3.63) is 21.9 Å². The fourth-order valence-corrected chi connectivity index (χ4v) is 1.86. The van der Waals surface area contributed by atoms with Gasteiger partial charge in [0.1, 0.15) is 0 Å². The average Bonchev–Trinajstić information content (AvgIpc) is 2.34. The number of carboxylic acid groups (broad SMARTS) is 1. The molecule has 3 nitrogen and oxygen atoms in total. The number of rotatable bonds is 3. The summed E-state index contributed by atoms with van der Waals surface area (Å²) in [5.74, 6) is -0.798. The topological polar surface area (TPSA) is 63.3 Å². The number of thiophene rings is 1. The quantitative estimate of drug-likeness (QED) is 0.748. The Bertz CT molecular complexity index is 280. The van der Waals surface area contributed by atoms with Gasteiger partial charge in [-0.25, -0.2) is 0 Å². The van der Waals surface area contributed by atoms with Gasteiger partial charge in [-0.15, -0.1) is 11.3 Å². The number of carbonyl (C=O) groups is 1. The zero-order valence-corrected chi connectivity index (χ0v) is 7.60. The van der Waals surface area contributed by atoms with E-state index in [0.717, 1.165) is 10.4 Å². The zero-order chi connectivity index (χ0) is 9.14. The van der Waals surface area contributed by atoms with Gasteiger partial charge in [0.2, 0.25) is 0 Å². The summed E-state index contributed by atoms with van der Waals surface area (Å²) in [5, 5.41) is 10.4. The molecule has 0 aliphatic carbocycles. The number of hydrogen-bond acceptors (Lipinski definition) is 3. The van der Waals surface area contributed by atoms with E-state index in [9.17, 15) is 4.79 Å². The Morgan fingerprint density at radius 2 is 2.50 bits per heavy atom. The van der Waals surface area contributed by atoms with Crippen molar-refractivity contribution in [2.24, 2.45) is 5.73 Å². The highest BCUT2D eigenvalue weighted by molar-refractivity contribution is 7.10. The average molecular weight is 185 g/mol. The van der Waals surface area contributed by atoms with Gasteiger partial charge in [-0.1, -0.05) is 0 Å². The summed E-state index contributed by atoms with van der Waals surface area (Å²) in [6, 6.07) is 1.84. The lowest BCUT2D eigenvalue weighted by molar-refractivity contribution is -0.136. The third-order valence-electron chi connectivity index (χ3n) is 1.53. The first-order chi connectivity index (χ1) is 5.59. The highest BCUT2D eigenvalue weighted by atomic mass is 32.1. The summed E-state index contributed by atoms with van der Waals surface area (Å²) in [7, 11) is 0. The lowest BCUT2D eigenvalue weighted by Crippen LogP contribution is -2.03. The minimum absolute atomic E-state index is 0.0104. The zero-order valence-electron chi connectivity index (χ0n) is 6.78. The first-order valence-corrected chi connectivity index (χ1v) is 4.52. The SMILES string of the molecule is CC(N)c1csc(CC(=O)O)c1. The molecule has 1 atom stereocenters. The van der Waals surface area contributed by atoms with Crippen LogP contribution >= 0.6 is 11.3 Å². The molecule has 0 bridgehead atoms. The van der Waals surface area contributed by atoms with Crippen LogP contribution < -0.4 is 5.73 Å². The van der Waals surface area contributed by atoms with Crippen molar-refractivity contribution in [3.8, 4) is 0 Å². The maximum absolute atomic E-state index is 10.3. The molecule has 66 valence electrons. The molecule has 1 rings (SSSR count). The first-order valence-electron chi connectivity index (χ1n) is 3.64. The molecule has 0 amide bonds. The van der Waals surface area contributed by atoms with Crippen LogP contribution in [0.5, 0.6) is 0 Å². The lowest BCUT2D eigenvalue weighted by Gasteiger charge is -1.97. The number of aliphatic carboxylic acids is 1. The van der Waals surface area contributed by atoms with Crippen molar-refractivity contribution in [3.63, 3.8) is 0 Å². The Morgan fingerprint density at radius 1 is 1.83 bits per heavy atom. The molecule has 0 aliphatic heterocycles. The fraction of sp³-hybridized carbons (Fsp3) is 0.375. The molecule has 1 unspecified atom stereocenters. The van der Waals surface area contributed by atoms with E-state index in [4.69, 9.17) is 10.8 Å². The van der Waals surface area contributed by atoms with Gasteiger partial charge in [-0.05, 0) is 23.9 Å². The summed E-state index contributed by atoms with van der Waals surface area (Å²) < 4.78 is 0. The van der Waals surface area contributed by atoms with Crippen molar-refractivity contribution in [2.45, 2.75) is 19.4 Å². The van der Waals surface area contributed by atoms with E-state index in [1.165, 1.54) is 11.3 Å². The van der Waals surface area contributed by atoms with Gasteiger partial charge in [0.05, 0.1) is 6.42 Å². The van der Waals surface area contributed by atoms with Crippen LogP contribution in [0.2, 0.25) is 0 Å². The van der Waals surface area contributed by atoms with Gasteiger partial charge in [0.15, 0.2) is 0 Å². The molecular formula is C8H11NO2S. The summed E-state index contributed by atoms with van der Waals surface area (Å²) in [6.45, 7) is 1.88. The highest BCUT2D eigenvalue weighted by Crippen LogP contribution is 2.19. The Balaban J connectivity index is 2.70. The van der Waals surface area contributed by atoms with Gasteiger partial charge in [0, 0.05) is 10.9 Å². The first kappa shape index (κ1) is 9.22. The monoisotopic (exact) mass is 185 g/mol. The summed E-state index contributed by atoms with van der Waals surface area (Å²) >= 11 is 1.45. The Morgan fingerprint density at radius 3 is 2.92 bits per heavy atom. The van der Waals surface area contributed by atoms with Crippen molar-refractivity contribution in [1.29, 1.82) is 0 Å². The molecule has 1 heterocycles. The normalized spacial score (nSPS) is 12.8. The minimum atomic E-state index is -0.798. The molecular weight excluding hydrogens is 174 g/mol. The minimum Gasteiger partial charge on any atom is -0.481 e. The molecule has 0 fully saturated rings. The molecule has 0 aliphatic rings. The Kier molecular flexibility index (Phi) is 2.83. The van der Waals surface area contributed by atoms with E-state index in [1.54, 1.807) is 0 Å². The number of hydrogen-bond donors (Lipinski definition) is 2. The van der Waals surface area contributed by atoms with Crippen LogP contribution in [0.3, 0.4) is 0 Å². The van der Waals surface area contributed by atoms with E-state index >= 15 is 0 Å². The molecule has 4 heteroatoms. The maximum atomic E-state index is 10.3. The predicted octanol–water partition coefficient (Wildman–Crippen LogP) is 1.39. The number of carboxylic acids is 1. The molecule has 0 aromatic carbocycles. The van der Waals surface area contributed by atoms with Crippen LogP contribution in [-0.2, 0) is 11.2 Å². The standard InChI is InChI=1S/C8H11NO2S/c1-5(9)6-2-7(12-4-6)3-8(10)11/h2,4-5H,3,9H2,1H3,(H,10,11). The molecule has 1 aromatic rings. The molecule has 0 saturated heterocycles. The summed E-state index contributed by atoms with van der Waals surface area (Å²) in [5.41, 5.74) is 6.63. The van der Waals surface area contributed by atoms with Crippen LogP contribution in [0, 0.1) is 0 Å². The van der Waals surface area contributed by atoms with Gasteiger partial charge >= 0.3 is 5.97 Å². The maximum Gasteiger partial charge on any atom is 0.308 e. The fourth-order valence-electron chi connectivity index (χ4n) is 0.878. The summed E-state index contributed by atoms with van der Waals surface area (Å²) in [6.07, 6.45) is 0.0946. The van der Waals surface area contributed by atoms with Gasteiger partial charge in [0.25, 0.3) is 0 Å². The molecule has 12 heavy (non-hydrogen) atoms.